The Kier molecular flexibility index (Phi) is 5.07. The van der Waals surface area contributed by atoms with E-state index in [9.17, 15) is 9.50 Å². The van der Waals surface area contributed by atoms with Crippen LogP contribution in [0.4, 0.5) is 4.39 Å². The van der Waals surface area contributed by atoms with Gasteiger partial charge in [0, 0.05) is 12.6 Å². The van der Waals surface area contributed by atoms with E-state index in [2.05, 4.69) is 9.88 Å². The summed E-state index contributed by atoms with van der Waals surface area (Å²) in [6, 6.07) is 2.87. The van der Waals surface area contributed by atoms with Crippen LogP contribution in [0.1, 0.15) is 44.3 Å². The maximum atomic E-state index is 12.8. The number of nitrogens with zero attached hydrogens (tertiary/aromatic N) is 2. The summed E-state index contributed by atoms with van der Waals surface area (Å²) < 4.78 is 12.8. The molecular weight excluding hydrogens is 257 g/mol. The summed E-state index contributed by atoms with van der Waals surface area (Å²) in [7, 11) is 0. The molecule has 20 heavy (non-hydrogen) atoms. The second kappa shape index (κ2) is 6.61. The van der Waals surface area contributed by atoms with Crippen molar-refractivity contribution >= 4 is 0 Å². The summed E-state index contributed by atoms with van der Waals surface area (Å²) in [6.45, 7) is 4.69. The number of halogens is 1. The quantitative estimate of drug-likeness (QED) is 0.884. The molecule has 0 bridgehead atoms. The fourth-order valence-electron chi connectivity index (χ4n) is 2.62. The first-order valence-corrected chi connectivity index (χ1v) is 7.28. The van der Waals surface area contributed by atoms with Gasteiger partial charge in [-0.3, -0.25) is 4.98 Å². The zero-order chi connectivity index (χ0) is 14.6. The van der Waals surface area contributed by atoms with Crippen LogP contribution in [0.5, 0.6) is 0 Å². The highest BCUT2D eigenvalue weighted by atomic mass is 19.1. The molecule has 112 valence electrons. The molecule has 5 heteroatoms. The molecule has 1 aromatic rings. The minimum atomic E-state index is -0.532. The Morgan fingerprint density at radius 2 is 2.25 bits per heavy atom. The van der Waals surface area contributed by atoms with Crippen molar-refractivity contribution in [3.63, 3.8) is 0 Å². The third-order valence-electron chi connectivity index (χ3n) is 4.04. The highest BCUT2D eigenvalue weighted by molar-refractivity contribution is 5.09. The standard InChI is InChI=1S/C15H24FN3O/c1-15(20)6-2-8-19(10-7-15)9-5-13(17)14-4-3-12(16)11-18-14/h3-4,11,13,20H,2,5-10,17H2,1H3. The normalized spacial score (nSPS) is 26.2. The summed E-state index contributed by atoms with van der Waals surface area (Å²) in [5.74, 6) is -0.337. The second-order valence-electron chi connectivity index (χ2n) is 5.99. The molecule has 1 fully saturated rings. The molecule has 2 rings (SSSR count). The van der Waals surface area contributed by atoms with E-state index in [-0.39, 0.29) is 11.9 Å². The molecule has 2 atom stereocenters. The zero-order valence-electron chi connectivity index (χ0n) is 12.1. The third kappa shape index (κ3) is 4.51. The van der Waals surface area contributed by atoms with Gasteiger partial charge in [-0.2, -0.15) is 0 Å². The zero-order valence-corrected chi connectivity index (χ0v) is 12.1. The van der Waals surface area contributed by atoms with Gasteiger partial charge in [0.05, 0.1) is 17.5 Å². The Bertz CT molecular complexity index is 422. The van der Waals surface area contributed by atoms with Gasteiger partial charge in [0.2, 0.25) is 0 Å². The molecular formula is C15H24FN3O. The molecule has 0 amide bonds. The van der Waals surface area contributed by atoms with Crippen LogP contribution in [0.3, 0.4) is 0 Å². The lowest BCUT2D eigenvalue weighted by atomic mass is 9.98. The summed E-state index contributed by atoms with van der Waals surface area (Å²) >= 11 is 0. The molecule has 0 saturated carbocycles. The first-order valence-electron chi connectivity index (χ1n) is 7.28. The first-order chi connectivity index (χ1) is 9.46. The number of aromatic nitrogens is 1. The number of likely N-dealkylation sites (tertiary alicyclic amines) is 1. The largest absolute Gasteiger partial charge is 0.390 e. The lowest BCUT2D eigenvalue weighted by Crippen LogP contribution is -2.30. The van der Waals surface area contributed by atoms with Gasteiger partial charge in [-0.05, 0) is 57.8 Å². The average molecular weight is 281 g/mol. The highest BCUT2D eigenvalue weighted by Crippen LogP contribution is 2.22. The molecule has 2 heterocycles. The van der Waals surface area contributed by atoms with Crippen molar-refractivity contribution in [2.75, 3.05) is 19.6 Å². The van der Waals surface area contributed by atoms with Crippen LogP contribution in [0.2, 0.25) is 0 Å². The van der Waals surface area contributed by atoms with Crippen molar-refractivity contribution in [1.82, 2.24) is 9.88 Å². The Labute approximate surface area is 119 Å². The van der Waals surface area contributed by atoms with Crippen molar-refractivity contribution in [1.29, 1.82) is 0 Å². The molecule has 1 aromatic heterocycles. The van der Waals surface area contributed by atoms with Crippen molar-refractivity contribution in [3.05, 3.63) is 29.8 Å². The van der Waals surface area contributed by atoms with Gasteiger partial charge in [0.1, 0.15) is 5.82 Å². The number of pyridine rings is 1. The fourth-order valence-corrected chi connectivity index (χ4v) is 2.62. The lowest BCUT2D eigenvalue weighted by molar-refractivity contribution is 0.0446. The number of nitrogens with two attached hydrogens (primary N) is 1. The van der Waals surface area contributed by atoms with Crippen LogP contribution in [0.25, 0.3) is 0 Å². The molecule has 3 N–H and O–H groups in total. The van der Waals surface area contributed by atoms with Gasteiger partial charge >= 0.3 is 0 Å². The molecule has 4 nitrogen and oxygen atoms in total. The van der Waals surface area contributed by atoms with E-state index in [1.807, 2.05) is 6.92 Å². The van der Waals surface area contributed by atoms with E-state index in [1.165, 1.54) is 12.3 Å². The van der Waals surface area contributed by atoms with Gasteiger partial charge in [0.25, 0.3) is 0 Å². The van der Waals surface area contributed by atoms with Crippen LogP contribution in [-0.2, 0) is 0 Å². The first kappa shape index (κ1) is 15.4. The molecule has 2 unspecified atom stereocenters. The summed E-state index contributed by atoms with van der Waals surface area (Å²) in [5, 5.41) is 10.1. The van der Waals surface area contributed by atoms with Crippen LogP contribution in [0.15, 0.2) is 18.3 Å². The molecule has 1 aliphatic heterocycles. The lowest BCUT2D eigenvalue weighted by Gasteiger charge is -2.23. The van der Waals surface area contributed by atoms with Gasteiger partial charge < -0.3 is 15.7 Å². The van der Waals surface area contributed by atoms with Crippen molar-refractivity contribution < 1.29 is 9.50 Å². The van der Waals surface area contributed by atoms with E-state index in [0.717, 1.165) is 51.0 Å². The minimum absolute atomic E-state index is 0.167. The second-order valence-corrected chi connectivity index (χ2v) is 5.99. The predicted octanol–water partition coefficient (Wildman–Crippen LogP) is 1.85. The van der Waals surface area contributed by atoms with Crippen LogP contribution in [-0.4, -0.2) is 40.2 Å². The van der Waals surface area contributed by atoms with E-state index in [0.29, 0.717) is 0 Å². The Morgan fingerprint density at radius 1 is 1.45 bits per heavy atom. The fraction of sp³-hybridized carbons (Fsp3) is 0.667. The topological polar surface area (TPSA) is 62.4 Å². The van der Waals surface area contributed by atoms with Crippen LogP contribution < -0.4 is 5.73 Å². The highest BCUT2D eigenvalue weighted by Gasteiger charge is 2.24. The maximum Gasteiger partial charge on any atom is 0.141 e. The van der Waals surface area contributed by atoms with Gasteiger partial charge in [-0.15, -0.1) is 0 Å². The Balaban J connectivity index is 1.81. The van der Waals surface area contributed by atoms with Crippen molar-refractivity contribution in [2.24, 2.45) is 5.73 Å². The van der Waals surface area contributed by atoms with Crippen LogP contribution in [0, 0.1) is 5.82 Å². The van der Waals surface area contributed by atoms with Gasteiger partial charge in [-0.25, -0.2) is 4.39 Å². The minimum Gasteiger partial charge on any atom is -0.390 e. The summed E-state index contributed by atoms with van der Waals surface area (Å²) in [6.07, 6.45) is 4.67. The molecule has 0 aromatic carbocycles. The monoisotopic (exact) mass is 281 g/mol. The smallest absolute Gasteiger partial charge is 0.141 e. The number of hydrogen-bond donors (Lipinski definition) is 2. The Hall–Kier alpha value is -1.04. The molecule has 1 saturated heterocycles. The third-order valence-corrected chi connectivity index (χ3v) is 4.04. The molecule has 0 radical (unpaired) electrons. The molecule has 1 aliphatic rings. The van der Waals surface area contributed by atoms with E-state index < -0.39 is 5.60 Å². The van der Waals surface area contributed by atoms with Gasteiger partial charge in [-0.1, -0.05) is 0 Å². The van der Waals surface area contributed by atoms with E-state index in [4.69, 9.17) is 5.73 Å². The number of rotatable bonds is 4. The number of aliphatic hydroxyl groups is 1. The van der Waals surface area contributed by atoms with Crippen molar-refractivity contribution in [2.45, 2.75) is 44.2 Å². The average Bonchev–Trinajstić information content (AvgIpc) is 2.58. The molecule has 0 aliphatic carbocycles. The van der Waals surface area contributed by atoms with E-state index in [1.54, 1.807) is 6.07 Å². The van der Waals surface area contributed by atoms with Crippen molar-refractivity contribution in [3.8, 4) is 0 Å². The summed E-state index contributed by atoms with van der Waals surface area (Å²) in [5.41, 5.74) is 6.29. The Morgan fingerprint density at radius 3 is 2.95 bits per heavy atom. The maximum absolute atomic E-state index is 12.8. The molecule has 0 spiro atoms. The predicted molar refractivity (Wildman–Crippen MR) is 76.7 cm³/mol. The van der Waals surface area contributed by atoms with Crippen LogP contribution >= 0.6 is 0 Å². The summed E-state index contributed by atoms with van der Waals surface area (Å²) in [4.78, 5) is 6.36. The number of hydrogen-bond acceptors (Lipinski definition) is 4. The van der Waals surface area contributed by atoms with E-state index >= 15 is 0 Å². The SMILES string of the molecule is CC1(O)CCCN(CCC(N)c2ccc(F)cn2)CC1. The van der Waals surface area contributed by atoms with Gasteiger partial charge in [0.15, 0.2) is 0 Å².